The first-order valence-electron chi connectivity index (χ1n) is 8.84. The third-order valence-electron chi connectivity index (χ3n) is 4.09. The van der Waals surface area contributed by atoms with Crippen LogP contribution in [-0.4, -0.2) is 31.9 Å². The summed E-state index contributed by atoms with van der Waals surface area (Å²) in [5.41, 5.74) is 1.88. The fourth-order valence-electron chi connectivity index (χ4n) is 2.72. The van der Waals surface area contributed by atoms with Gasteiger partial charge in [0.15, 0.2) is 17.3 Å². The van der Waals surface area contributed by atoms with Crippen molar-refractivity contribution in [2.75, 3.05) is 20.8 Å². The highest BCUT2D eigenvalue weighted by atomic mass is 16.5. The number of methoxy groups -OCH3 is 2. The molecular weight excluding hydrogens is 360 g/mol. The first kappa shape index (κ1) is 19.3. The van der Waals surface area contributed by atoms with Gasteiger partial charge in [0.05, 0.1) is 32.9 Å². The molecule has 3 aromatic rings. The van der Waals surface area contributed by atoms with Gasteiger partial charge < -0.3 is 24.1 Å². The zero-order valence-corrected chi connectivity index (χ0v) is 16.0. The summed E-state index contributed by atoms with van der Waals surface area (Å²) in [6.45, 7) is 2.60. The van der Waals surface area contributed by atoms with Crippen LogP contribution < -0.4 is 19.5 Å². The van der Waals surface area contributed by atoms with E-state index in [2.05, 4.69) is 10.5 Å². The lowest BCUT2D eigenvalue weighted by Gasteiger charge is -2.09. The molecule has 2 aromatic carbocycles. The van der Waals surface area contributed by atoms with E-state index in [0.29, 0.717) is 40.9 Å². The second kappa shape index (κ2) is 8.94. The summed E-state index contributed by atoms with van der Waals surface area (Å²) in [7, 11) is 3.15. The summed E-state index contributed by atoms with van der Waals surface area (Å²) in [5.74, 6) is 2.11. The van der Waals surface area contributed by atoms with Crippen LogP contribution in [0.2, 0.25) is 0 Å². The average Bonchev–Trinajstić information content (AvgIpc) is 3.21. The SMILES string of the molecule is CCOc1ccccc1C(=O)NCc1cc(-c2ccc(OC)c(OC)c2)on1. The van der Waals surface area contributed by atoms with Crippen LogP contribution in [0.3, 0.4) is 0 Å². The fourth-order valence-corrected chi connectivity index (χ4v) is 2.72. The highest BCUT2D eigenvalue weighted by Gasteiger charge is 2.14. The summed E-state index contributed by atoms with van der Waals surface area (Å²) >= 11 is 0. The van der Waals surface area contributed by atoms with E-state index >= 15 is 0 Å². The lowest BCUT2D eigenvalue weighted by Crippen LogP contribution is -2.23. The van der Waals surface area contributed by atoms with Crippen molar-refractivity contribution in [3.05, 3.63) is 59.8 Å². The zero-order chi connectivity index (χ0) is 19.9. The van der Waals surface area contributed by atoms with Gasteiger partial charge in [-0.3, -0.25) is 4.79 Å². The van der Waals surface area contributed by atoms with E-state index in [-0.39, 0.29) is 12.5 Å². The Morgan fingerprint density at radius 2 is 1.82 bits per heavy atom. The minimum absolute atomic E-state index is 0.232. The van der Waals surface area contributed by atoms with E-state index in [1.165, 1.54) is 0 Å². The Hall–Kier alpha value is -3.48. The van der Waals surface area contributed by atoms with Gasteiger partial charge in [-0.1, -0.05) is 17.3 Å². The van der Waals surface area contributed by atoms with Crippen molar-refractivity contribution in [1.29, 1.82) is 0 Å². The molecule has 0 unspecified atom stereocenters. The number of rotatable bonds is 8. The van der Waals surface area contributed by atoms with Crippen molar-refractivity contribution >= 4 is 5.91 Å². The highest BCUT2D eigenvalue weighted by molar-refractivity contribution is 5.96. The van der Waals surface area contributed by atoms with Crippen molar-refractivity contribution in [2.45, 2.75) is 13.5 Å². The third kappa shape index (κ3) is 4.25. The van der Waals surface area contributed by atoms with Crippen LogP contribution in [-0.2, 0) is 6.54 Å². The topological polar surface area (TPSA) is 82.8 Å². The van der Waals surface area contributed by atoms with E-state index < -0.39 is 0 Å². The van der Waals surface area contributed by atoms with Gasteiger partial charge in [0.25, 0.3) is 5.91 Å². The molecule has 1 aromatic heterocycles. The molecular formula is C21H22N2O5. The van der Waals surface area contributed by atoms with Crippen LogP contribution in [0.5, 0.6) is 17.2 Å². The molecule has 7 nitrogen and oxygen atoms in total. The van der Waals surface area contributed by atoms with Crippen LogP contribution in [0.1, 0.15) is 23.0 Å². The average molecular weight is 382 g/mol. The molecule has 0 saturated carbocycles. The summed E-state index contributed by atoms with van der Waals surface area (Å²) in [5, 5.41) is 6.86. The van der Waals surface area contributed by atoms with Crippen LogP contribution in [0.15, 0.2) is 53.1 Å². The molecule has 0 radical (unpaired) electrons. The first-order chi connectivity index (χ1) is 13.7. The van der Waals surface area contributed by atoms with Gasteiger partial charge in [0.2, 0.25) is 0 Å². The van der Waals surface area contributed by atoms with Gasteiger partial charge >= 0.3 is 0 Å². The molecule has 0 spiro atoms. The molecule has 0 aliphatic heterocycles. The highest BCUT2D eigenvalue weighted by Crippen LogP contribution is 2.32. The number of ether oxygens (including phenoxy) is 3. The first-order valence-corrected chi connectivity index (χ1v) is 8.84. The van der Waals surface area contributed by atoms with Gasteiger partial charge in [-0.2, -0.15) is 0 Å². The van der Waals surface area contributed by atoms with Crippen LogP contribution in [0, 0.1) is 0 Å². The summed E-state index contributed by atoms with van der Waals surface area (Å²) in [6.07, 6.45) is 0. The molecule has 28 heavy (non-hydrogen) atoms. The van der Waals surface area contributed by atoms with Gasteiger partial charge in [-0.05, 0) is 37.3 Å². The minimum Gasteiger partial charge on any atom is -0.493 e. The predicted molar refractivity (Wildman–Crippen MR) is 104 cm³/mol. The van der Waals surface area contributed by atoms with Crippen molar-refractivity contribution in [1.82, 2.24) is 10.5 Å². The molecule has 0 aliphatic carbocycles. The molecule has 3 rings (SSSR count). The van der Waals surface area contributed by atoms with E-state index in [9.17, 15) is 4.79 Å². The Kier molecular flexibility index (Phi) is 6.16. The van der Waals surface area contributed by atoms with Crippen molar-refractivity contribution in [3.63, 3.8) is 0 Å². The summed E-state index contributed by atoms with van der Waals surface area (Å²) < 4.78 is 21.4. The molecule has 1 N–H and O–H groups in total. The Morgan fingerprint density at radius 3 is 2.57 bits per heavy atom. The normalized spacial score (nSPS) is 10.4. The lowest BCUT2D eigenvalue weighted by atomic mass is 10.1. The van der Waals surface area contributed by atoms with Gasteiger partial charge in [-0.15, -0.1) is 0 Å². The number of aromatic nitrogens is 1. The number of nitrogens with zero attached hydrogens (tertiary/aromatic N) is 1. The lowest BCUT2D eigenvalue weighted by molar-refractivity contribution is 0.0946. The van der Waals surface area contributed by atoms with Gasteiger partial charge in [-0.25, -0.2) is 0 Å². The Labute approximate surface area is 163 Å². The van der Waals surface area contributed by atoms with Crippen LogP contribution in [0.4, 0.5) is 0 Å². The van der Waals surface area contributed by atoms with Gasteiger partial charge in [0, 0.05) is 11.6 Å². The summed E-state index contributed by atoms with van der Waals surface area (Å²) in [6, 6.07) is 14.3. The molecule has 0 saturated heterocycles. The van der Waals surface area contributed by atoms with E-state index in [0.717, 1.165) is 5.56 Å². The summed E-state index contributed by atoms with van der Waals surface area (Å²) in [4.78, 5) is 12.5. The molecule has 0 fully saturated rings. The molecule has 7 heteroatoms. The van der Waals surface area contributed by atoms with Crippen molar-refractivity contribution in [2.24, 2.45) is 0 Å². The quantitative estimate of drug-likeness (QED) is 0.640. The maximum absolute atomic E-state index is 12.5. The number of carbonyl (C=O) groups excluding carboxylic acids is 1. The van der Waals surface area contributed by atoms with Crippen molar-refractivity contribution < 1.29 is 23.5 Å². The predicted octanol–water partition coefficient (Wildman–Crippen LogP) is 3.69. The Bertz CT molecular complexity index is 951. The number of para-hydroxylation sites is 1. The molecule has 1 amide bonds. The molecule has 0 atom stereocenters. The smallest absolute Gasteiger partial charge is 0.255 e. The minimum atomic E-state index is -0.236. The third-order valence-corrected chi connectivity index (χ3v) is 4.09. The van der Waals surface area contributed by atoms with E-state index in [4.69, 9.17) is 18.7 Å². The number of benzene rings is 2. The molecule has 0 bridgehead atoms. The van der Waals surface area contributed by atoms with E-state index in [1.54, 1.807) is 50.6 Å². The second-order valence-electron chi connectivity index (χ2n) is 5.86. The standard InChI is InChI=1S/C21H22N2O5/c1-4-27-17-8-6-5-7-16(17)21(24)22-13-15-12-19(28-23-15)14-9-10-18(25-2)20(11-14)26-3/h5-12H,4,13H2,1-3H3,(H,22,24). The van der Waals surface area contributed by atoms with Crippen LogP contribution >= 0.6 is 0 Å². The molecule has 0 aliphatic rings. The van der Waals surface area contributed by atoms with Crippen LogP contribution in [0.25, 0.3) is 11.3 Å². The molecule has 146 valence electrons. The number of hydrogen-bond donors (Lipinski definition) is 1. The number of nitrogens with one attached hydrogen (secondary N) is 1. The number of hydrogen-bond acceptors (Lipinski definition) is 6. The Morgan fingerprint density at radius 1 is 1.04 bits per heavy atom. The number of amides is 1. The van der Waals surface area contributed by atoms with Gasteiger partial charge in [0.1, 0.15) is 11.4 Å². The maximum Gasteiger partial charge on any atom is 0.255 e. The monoisotopic (exact) mass is 382 g/mol. The fraction of sp³-hybridized carbons (Fsp3) is 0.238. The maximum atomic E-state index is 12.5. The Balaban J connectivity index is 1.69. The zero-order valence-electron chi connectivity index (χ0n) is 16.0. The largest absolute Gasteiger partial charge is 0.493 e. The second-order valence-corrected chi connectivity index (χ2v) is 5.86. The van der Waals surface area contributed by atoms with E-state index in [1.807, 2.05) is 19.1 Å². The molecule has 1 heterocycles. The van der Waals surface area contributed by atoms with Crippen molar-refractivity contribution in [3.8, 4) is 28.6 Å². The number of carbonyl (C=O) groups is 1.